The summed E-state index contributed by atoms with van der Waals surface area (Å²) >= 11 is 5.05. The standard InChI is InChI=1S/C12H17NOS/c1-10(2)8-9-14-12(15)13-11-6-4-3-5-7-11/h3-7,10H,8-9H2,1-2H3,(H,13,15). The van der Waals surface area contributed by atoms with E-state index in [1.165, 1.54) is 0 Å². The third-order valence-electron chi connectivity index (χ3n) is 1.95. The van der Waals surface area contributed by atoms with Gasteiger partial charge in [-0.05, 0) is 36.7 Å². The van der Waals surface area contributed by atoms with Crippen LogP contribution in [0.1, 0.15) is 20.3 Å². The Labute approximate surface area is 96.6 Å². The van der Waals surface area contributed by atoms with Crippen molar-refractivity contribution in [3.05, 3.63) is 30.3 Å². The van der Waals surface area contributed by atoms with Crippen molar-refractivity contribution in [3.63, 3.8) is 0 Å². The quantitative estimate of drug-likeness (QED) is 0.790. The maximum Gasteiger partial charge on any atom is 0.261 e. The van der Waals surface area contributed by atoms with E-state index < -0.39 is 0 Å². The largest absolute Gasteiger partial charge is 0.471 e. The fourth-order valence-electron chi connectivity index (χ4n) is 1.06. The number of para-hydroxylation sites is 1. The molecule has 0 heterocycles. The molecule has 0 spiro atoms. The van der Waals surface area contributed by atoms with Crippen LogP contribution in [-0.2, 0) is 4.74 Å². The van der Waals surface area contributed by atoms with Crippen molar-refractivity contribution in [2.45, 2.75) is 20.3 Å². The van der Waals surface area contributed by atoms with Gasteiger partial charge in [0.1, 0.15) is 0 Å². The predicted octanol–water partition coefficient (Wildman–Crippen LogP) is 3.45. The molecule has 1 N–H and O–H groups in total. The Balaban J connectivity index is 2.25. The zero-order valence-electron chi connectivity index (χ0n) is 9.19. The molecule has 15 heavy (non-hydrogen) atoms. The van der Waals surface area contributed by atoms with Crippen LogP contribution >= 0.6 is 12.2 Å². The molecule has 0 fully saturated rings. The highest BCUT2D eigenvalue weighted by molar-refractivity contribution is 7.80. The third kappa shape index (κ3) is 5.37. The maximum atomic E-state index is 5.38. The molecule has 0 bridgehead atoms. The number of anilines is 1. The van der Waals surface area contributed by atoms with E-state index in [1.54, 1.807) is 0 Å². The summed E-state index contributed by atoms with van der Waals surface area (Å²) in [4.78, 5) is 0. The van der Waals surface area contributed by atoms with Gasteiger partial charge in [-0.2, -0.15) is 0 Å². The Kier molecular flexibility index (Phi) is 5.12. The Morgan fingerprint density at radius 3 is 2.60 bits per heavy atom. The Morgan fingerprint density at radius 2 is 2.00 bits per heavy atom. The summed E-state index contributed by atoms with van der Waals surface area (Å²) in [6, 6.07) is 9.79. The zero-order chi connectivity index (χ0) is 11.1. The average molecular weight is 223 g/mol. The van der Waals surface area contributed by atoms with Crippen LogP contribution in [0.5, 0.6) is 0 Å². The number of nitrogens with one attached hydrogen (secondary N) is 1. The van der Waals surface area contributed by atoms with Crippen molar-refractivity contribution >= 4 is 23.1 Å². The molecule has 0 aromatic heterocycles. The average Bonchev–Trinajstić information content (AvgIpc) is 2.18. The smallest absolute Gasteiger partial charge is 0.261 e. The lowest BCUT2D eigenvalue weighted by Gasteiger charge is -2.10. The number of ether oxygens (including phenoxy) is 1. The van der Waals surface area contributed by atoms with Gasteiger partial charge in [0.2, 0.25) is 0 Å². The van der Waals surface area contributed by atoms with Crippen LogP contribution in [0.2, 0.25) is 0 Å². The third-order valence-corrected chi connectivity index (χ3v) is 2.17. The Hall–Kier alpha value is -1.09. The lowest BCUT2D eigenvalue weighted by atomic mass is 10.1. The summed E-state index contributed by atoms with van der Waals surface area (Å²) in [5, 5.41) is 3.47. The molecular formula is C12H17NOS. The SMILES string of the molecule is CC(C)CCOC(=S)Nc1ccccc1. The molecule has 0 atom stereocenters. The molecule has 0 saturated carbocycles. The van der Waals surface area contributed by atoms with Crippen LogP contribution in [-0.4, -0.2) is 11.8 Å². The first-order valence-corrected chi connectivity index (χ1v) is 5.58. The van der Waals surface area contributed by atoms with Crippen molar-refractivity contribution in [2.24, 2.45) is 5.92 Å². The van der Waals surface area contributed by atoms with Gasteiger partial charge in [0.05, 0.1) is 6.61 Å². The predicted molar refractivity (Wildman–Crippen MR) is 68.1 cm³/mol. The highest BCUT2D eigenvalue weighted by Crippen LogP contribution is 2.06. The van der Waals surface area contributed by atoms with Crippen LogP contribution < -0.4 is 5.32 Å². The van der Waals surface area contributed by atoms with Gasteiger partial charge in [0, 0.05) is 5.69 Å². The first-order chi connectivity index (χ1) is 7.18. The number of benzene rings is 1. The normalized spacial score (nSPS) is 10.1. The molecular weight excluding hydrogens is 206 g/mol. The topological polar surface area (TPSA) is 21.3 Å². The van der Waals surface area contributed by atoms with Crippen LogP contribution in [0.15, 0.2) is 30.3 Å². The molecule has 0 aliphatic rings. The summed E-state index contributed by atoms with van der Waals surface area (Å²) in [6.07, 6.45) is 1.02. The second kappa shape index (κ2) is 6.40. The van der Waals surface area contributed by atoms with E-state index >= 15 is 0 Å². The van der Waals surface area contributed by atoms with E-state index in [4.69, 9.17) is 17.0 Å². The van der Waals surface area contributed by atoms with Gasteiger partial charge >= 0.3 is 0 Å². The summed E-state index contributed by atoms with van der Waals surface area (Å²) in [5.74, 6) is 0.643. The van der Waals surface area contributed by atoms with Gasteiger partial charge in [-0.1, -0.05) is 32.0 Å². The van der Waals surface area contributed by atoms with Crippen molar-refractivity contribution in [2.75, 3.05) is 11.9 Å². The first kappa shape index (κ1) is 12.0. The second-order valence-corrected chi connectivity index (χ2v) is 4.18. The Bertz CT molecular complexity index is 298. The number of hydrogen-bond acceptors (Lipinski definition) is 2. The van der Waals surface area contributed by atoms with Crippen molar-refractivity contribution in [1.29, 1.82) is 0 Å². The summed E-state index contributed by atoms with van der Waals surface area (Å²) in [7, 11) is 0. The lowest BCUT2D eigenvalue weighted by Crippen LogP contribution is -2.14. The van der Waals surface area contributed by atoms with Gasteiger partial charge in [0.25, 0.3) is 5.17 Å². The fraction of sp³-hybridized carbons (Fsp3) is 0.417. The van der Waals surface area contributed by atoms with Crippen molar-refractivity contribution in [3.8, 4) is 0 Å². The van der Waals surface area contributed by atoms with Crippen LogP contribution in [0, 0.1) is 5.92 Å². The molecule has 0 amide bonds. The lowest BCUT2D eigenvalue weighted by molar-refractivity contribution is 0.284. The molecule has 0 aliphatic heterocycles. The van der Waals surface area contributed by atoms with E-state index in [1.807, 2.05) is 30.3 Å². The van der Waals surface area contributed by atoms with Gasteiger partial charge in [0.15, 0.2) is 0 Å². The molecule has 3 heteroatoms. The highest BCUT2D eigenvalue weighted by Gasteiger charge is 1.99. The van der Waals surface area contributed by atoms with Crippen LogP contribution in [0.25, 0.3) is 0 Å². The van der Waals surface area contributed by atoms with E-state index in [0.717, 1.165) is 12.1 Å². The molecule has 2 nitrogen and oxygen atoms in total. The molecule has 1 rings (SSSR count). The highest BCUT2D eigenvalue weighted by atomic mass is 32.1. The number of thiocarbonyl (C=S) groups is 1. The first-order valence-electron chi connectivity index (χ1n) is 5.17. The summed E-state index contributed by atoms with van der Waals surface area (Å²) in [5.41, 5.74) is 0.965. The van der Waals surface area contributed by atoms with E-state index in [2.05, 4.69) is 19.2 Å². The Morgan fingerprint density at radius 1 is 1.33 bits per heavy atom. The van der Waals surface area contributed by atoms with Crippen LogP contribution in [0.3, 0.4) is 0 Å². The molecule has 1 aromatic carbocycles. The number of rotatable bonds is 4. The van der Waals surface area contributed by atoms with Gasteiger partial charge < -0.3 is 10.1 Å². The summed E-state index contributed by atoms with van der Waals surface area (Å²) in [6.45, 7) is 5.00. The summed E-state index contributed by atoms with van der Waals surface area (Å²) < 4.78 is 5.38. The molecule has 0 radical (unpaired) electrons. The minimum Gasteiger partial charge on any atom is -0.471 e. The van der Waals surface area contributed by atoms with E-state index in [-0.39, 0.29) is 0 Å². The minimum absolute atomic E-state index is 0.446. The molecule has 82 valence electrons. The fourth-order valence-corrected chi connectivity index (χ4v) is 1.26. The monoisotopic (exact) mass is 223 g/mol. The zero-order valence-corrected chi connectivity index (χ0v) is 10.0. The van der Waals surface area contributed by atoms with E-state index in [9.17, 15) is 0 Å². The molecule has 0 unspecified atom stereocenters. The van der Waals surface area contributed by atoms with Crippen LogP contribution in [0.4, 0.5) is 5.69 Å². The van der Waals surface area contributed by atoms with E-state index in [0.29, 0.717) is 17.7 Å². The molecule has 1 aromatic rings. The van der Waals surface area contributed by atoms with Crippen molar-refractivity contribution < 1.29 is 4.74 Å². The number of hydrogen-bond donors (Lipinski definition) is 1. The van der Waals surface area contributed by atoms with Gasteiger partial charge in [-0.25, -0.2) is 0 Å². The second-order valence-electron chi connectivity index (χ2n) is 3.81. The minimum atomic E-state index is 0.446. The van der Waals surface area contributed by atoms with Gasteiger partial charge in [-0.15, -0.1) is 0 Å². The maximum absolute atomic E-state index is 5.38. The molecule has 0 saturated heterocycles. The van der Waals surface area contributed by atoms with Crippen molar-refractivity contribution in [1.82, 2.24) is 0 Å². The van der Waals surface area contributed by atoms with Gasteiger partial charge in [-0.3, -0.25) is 0 Å². The molecule has 0 aliphatic carbocycles.